The van der Waals surface area contributed by atoms with Gasteiger partial charge in [0.1, 0.15) is 15.7 Å². The van der Waals surface area contributed by atoms with Crippen molar-refractivity contribution in [1.29, 1.82) is 0 Å². The van der Waals surface area contributed by atoms with E-state index in [0.717, 1.165) is 12.1 Å². The number of hydrogen-bond donors (Lipinski definition) is 2. The summed E-state index contributed by atoms with van der Waals surface area (Å²) in [6.07, 6.45) is 0. The fourth-order valence-electron chi connectivity index (χ4n) is 0.921. The number of aromatic hydroxyl groups is 1. The number of phenols is 1. The molecule has 0 aliphatic rings. The predicted octanol–water partition coefficient (Wildman–Crippen LogP) is 1.30. The lowest BCUT2D eigenvalue weighted by Crippen LogP contribution is -2.01. The summed E-state index contributed by atoms with van der Waals surface area (Å²) >= 11 is 5.55. The molecule has 14 heavy (non-hydrogen) atoms. The number of benzene rings is 1. The van der Waals surface area contributed by atoms with Crippen LogP contribution in [0.1, 0.15) is 0 Å². The molecular formula is C7H7ClO5S. The van der Waals surface area contributed by atoms with Crippen molar-refractivity contribution in [2.75, 3.05) is 7.11 Å². The second-order valence-corrected chi connectivity index (χ2v) is 4.17. The van der Waals surface area contributed by atoms with Crippen LogP contribution in [0.25, 0.3) is 0 Å². The van der Waals surface area contributed by atoms with E-state index >= 15 is 0 Å². The maximum absolute atomic E-state index is 10.8. The average molecular weight is 239 g/mol. The van der Waals surface area contributed by atoms with Crippen molar-refractivity contribution >= 4 is 21.7 Å². The lowest BCUT2D eigenvalue weighted by atomic mass is 10.3. The summed E-state index contributed by atoms with van der Waals surface area (Å²) in [7, 11) is -3.23. The number of halogens is 1. The van der Waals surface area contributed by atoms with Gasteiger partial charge < -0.3 is 9.84 Å². The minimum Gasteiger partial charge on any atom is -0.506 e. The molecule has 78 valence electrons. The molecule has 1 rings (SSSR count). The fraction of sp³-hybridized carbons (Fsp3) is 0.143. The van der Waals surface area contributed by atoms with Crippen molar-refractivity contribution in [2.45, 2.75) is 4.90 Å². The van der Waals surface area contributed by atoms with Crippen LogP contribution in [0.4, 0.5) is 0 Å². The van der Waals surface area contributed by atoms with Crippen molar-refractivity contribution in [3.63, 3.8) is 0 Å². The third kappa shape index (κ3) is 1.92. The van der Waals surface area contributed by atoms with Crippen LogP contribution in [-0.2, 0) is 10.1 Å². The number of ether oxygens (including phenoxy) is 1. The highest BCUT2D eigenvalue weighted by atomic mass is 35.5. The van der Waals surface area contributed by atoms with E-state index in [2.05, 4.69) is 4.74 Å². The Balaban J connectivity index is 3.55. The van der Waals surface area contributed by atoms with Crippen molar-refractivity contribution in [3.05, 3.63) is 17.2 Å². The van der Waals surface area contributed by atoms with Crippen LogP contribution in [0.15, 0.2) is 17.0 Å². The topological polar surface area (TPSA) is 83.8 Å². The molecular weight excluding hydrogens is 232 g/mol. The van der Waals surface area contributed by atoms with Crippen molar-refractivity contribution in [3.8, 4) is 11.5 Å². The molecule has 7 heteroatoms. The largest absolute Gasteiger partial charge is 0.506 e. The third-order valence-corrected chi connectivity index (χ3v) is 2.77. The summed E-state index contributed by atoms with van der Waals surface area (Å²) in [5.41, 5.74) is 0. The van der Waals surface area contributed by atoms with Gasteiger partial charge in [0.05, 0.1) is 7.11 Å². The van der Waals surface area contributed by atoms with Crippen LogP contribution >= 0.6 is 11.6 Å². The SMILES string of the molecule is COc1c(S(=O)(=O)O)ccc(O)c1Cl. The molecule has 0 heterocycles. The van der Waals surface area contributed by atoms with E-state index in [1.54, 1.807) is 0 Å². The molecule has 0 amide bonds. The maximum atomic E-state index is 10.8. The lowest BCUT2D eigenvalue weighted by Gasteiger charge is -2.08. The van der Waals surface area contributed by atoms with Gasteiger partial charge in [-0.15, -0.1) is 0 Å². The molecule has 2 N–H and O–H groups in total. The van der Waals surface area contributed by atoms with E-state index in [1.165, 1.54) is 7.11 Å². The van der Waals surface area contributed by atoms with Crippen molar-refractivity contribution in [2.24, 2.45) is 0 Å². The first-order valence-electron chi connectivity index (χ1n) is 3.41. The van der Waals surface area contributed by atoms with Gasteiger partial charge in [0, 0.05) is 0 Å². The average Bonchev–Trinajstić information content (AvgIpc) is 2.07. The first-order valence-corrected chi connectivity index (χ1v) is 5.22. The molecule has 0 atom stereocenters. The summed E-state index contributed by atoms with van der Waals surface area (Å²) in [6, 6.07) is 2.04. The van der Waals surface area contributed by atoms with E-state index in [-0.39, 0.29) is 16.5 Å². The maximum Gasteiger partial charge on any atom is 0.298 e. The molecule has 5 nitrogen and oxygen atoms in total. The van der Waals surface area contributed by atoms with Crippen LogP contribution in [0, 0.1) is 0 Å². The quantitative estimate of drug-likeness (QED) is 0.759. The summed E-state index contributed by atoms with van der Waals surface area (Å²) < 4.78 is 35.0. The third-order valence-electron chi connectivity index (χ3n) is 1.52. The van der Waals surface area contributed by atoms with Gasteiger partial charge in [0.25, 0.3) is 10.1 Å². The Bertz CT molecular complexity index is 453. The molecule has 0 aliphatic carbocycles. The standard InChI is InChI=1S/C7H7ClO5S/c1-13-7-5(14(10,11)12)3-2-4(9)6(7)8/h2-3,9H,1H3,(H,10,11,12). The molecule has 1 aromatic carbocycles. The summed E-state index contributed by atoms with van der Waals surface area (Å²) in [5, 5.41) is 8.87. The first kappa shape index (κ1) is 11.1. The summed E-state index contributed by atoms with van der Waals surface area (Å²) in [6.45, 7) is 0. The van der Waals surface area contributed by atoms with Gasteiger partial charge in [-0.1, -0.05) is 11.6 Å². The van der Waals surface area contributed by atoms with Gasteiger partial charge in [-0.05, 0) is 12.1 Å². The molecule has 1 aromatic rings. The van der Waals surface area contributed by atoms with Crippen LogP contribution in [-0.4, -0.2) is 25.2 Å². The highest BCUT2D eigenvalue weighted by Crippen LogP contribution is 2.38. The molecule has 0 saturated carbocycles. The first-order chi connectivity index (χ1) is 6.38. The predicted molar refractivity (Wildman–Crippen MR) is 49.5 cm³/mol. The molecule has 0 saturated heterocycles. The van der Waals surface area contributed by atoms with E-state index in [9.17, 15) is 8.42 Å². The minimum atomic E-state index is -4.41. The van der Waals surface area contributed by atoms with Gasteiger partial charge >= 0.3 is 0 Å². The Hall–Kier alpha value is -0.980. The Labute approximate surface area is 85.6 Å². The van der Waals surface area contributed by atoms with Gasteiger partial charge in [-0.25, -0.2) is 0 Å². The highest BCUT2D eigenvalue weighted by Gasteiger charge is 2.20. The van der Waals surface area contributed by atoms with E-state index < -0.39 is 15.0 Å². The van der Waals surface area contributed by atoms with Gasteiger partial charge in [-0.2, -0.15) is 8.42 Å². The molecule has 0 bridgehead atoms. The van der Waals surface area contributed by atoms with Crippen LogP contribution in [0.2, 0.25) is 5.02 Å². The normalized spacial score (nSPS) is 11.4. The number of rotatable bonds is 2. The molecule has 0 aliphatic heterocycles. The van der Waals surface area contributed by atoms with Crippen LogP contribution < -0.4 is 4.74 Å². The monoisotopic (exact) mass is 238 g/mol. The van der Waals surface area contributed by atoms with Gasteiger partial charge in [0.2, 0.25) is 0 Å². The molecule has 0 spiro atoms. The fourth-order valence-corrected chi connectivity index (χ4v) is 1.88. The molecule has 0 aromatic heterocycles. The highest BCUT2D eigenvalue weighted by molar-refractivity contribution is 7.86. The van der Waals surface area contributed by atoms with Crippen molar-refractivity contribution in [1.82, 2.24) is 0 Å². The van der Waals surface area contributed by atoms with Crippen molar-refractivity contribution < 1.29 is 22.8 Å². The van der Waals surface area contributed by atoms with Gasteiger partial charge in [0.15, 0.2) is 5.75 Å². The Kier molecular flexibility index (Phi) is 2.89. The Morgan fingerprint density at radius 1 is 1.43 bits per heavy atom. The van der Waals surface area contributed by atoms with E-state index in [0.29, 0.717) is 0 Å². The smallest absolute Gasteiger partial charge is 0.298 e. The Morgan fingerprint density at radius 2 is 2.00 bits per heavy atom. The summed E-state index contributed by atoms with van der Waals surface area (Å²) in [4.78, 5) is -0.484. The second-order valence-electron chi connectivity index (χ2n) is 2.41. The molecule has 0 radical (unpaired) electrons. The van der Waals surface area contributed by atoms with Gasteiger partial charge in [-0.3, -0.25) is 4.55 Å². The molecule has 0 fully saturated rings. The summed E-state index contributed by atoms with van der Waals surface area (Å²) in [5.74, 6) is -0.606. The number of phenolic OH excluding ortho intramolecular Hbond substituents is 1. The number of hydrogen-bond acceptors (Lipinski definition) is 4. The minimum absolute atomic E-state index is 0.261. The second kappa shape index (κ2) is 3.64. The number of methoxy groups -OCH3 is 1. The van der Waals surface area contributed by atoms with E-state index in [1.807, 2.05) is 0 Å². The molecule has 0 unspecified atom stereocenters. The zero-order valence-electron chi connectivity index (χ0n) is 7.06. The van der Waals surface area contributed by atoms with Crippen LogP contribution in [0.3, 0.4) is 0 Å². The zero-order valence-corrected chi connectivity index (χ0v) is 8.63. The van der Waals surface area contributed by atoms with Crippen LogP contribution in [0.5, 0.6) is 11.5 Å². The Morgan fingerprint density at radius 3 is 2.43 bits per heavy atom. The zero-order chi connectivity index (χ0) is 10.9. The lowest BCUT2D eigenvalue weighted by molar-refractivity contribution is 0.392. The van der Waals surface area contributed by atoms with E-state index in [4.69, 9.17) is 21.3 Å².